The second-order valence-electron chi connectivity index (χ2n) is 11.0. The zero-order valence-electron chi connectivity index (χ0n) is 19.0. The summed E-state index contributed by atoms with van der Waals surface area (Å²) in [7, 11) is 0. The molecular weight excluding hydrogens is 400 g/mol. The van der Waals surface area contributed by atoms with Crippen molar-refractivity contribution in [3.8, 4) is 0 Å². The third-order valence-corrected chi connectivity index (χ3v) is 9.02. The topological polar surface area (TPSA) is 110 Å². The standard InChI is InChI=1S/C24H34O7/c1-11-14-9-15(27)18-23(6)8-7-16(30-12(2)25)22(4,5)19(23)17(28)21(31-13(3)26)24(18,10-14)20(11)29/h14-19,21,27-28H,1,7-10H2,2-6H3. The molecule has 172 valence electrons. The lowest BCUT2D eigenvalue weighted by atomic mass is 9.38. The summed E-state index contributed by atoms with van der Waals surface area (Å²) < 4.78 is 11.3. The minimum Gasteiger partial charge on any atom is -0.462 e. The van der Waals surface area contributed by atoms with Gasteiger partial charge in [0.1, 0.15) is 12.2 Å². The second kappa shape index (κ2) is 6.88. The Morgan fingerprint density at radius 2 is 1.68 bits per heavy atom. The van der Waals surface area contributed by atoms with Crippen LogP contribution in [0.5, 0.6) is 0 Å². The Morgan fingerprint density at radius 1 is 1.06 bits per heavy atom. The van der Waals surface area contributed by atoms with E-state index in [9.17, 15) is 24.6 Å². The van der Waals surface area contributed by atoms with E-state index < -0.39 is 58.5 Å². The summed E-state index contributed by atoms with van der Waals surface area (Å²) in [6, 6.07) is 0. The summed E-state index contributed by atoms with van der Waals surface area (Å²) >= 11 is 0. The van der Waals surface area contributed by atoms with Crippen molar-refractivity contribution in [2.75, 3.05) is 0 Å². The summed E-state index contributed by atoms with van der Waals surface area (Å²) in [6.45, 7) is 12.6. The van der Waals surface area contributed by atoms with E-state index >= 15 is 0 Å². The van der Waals surface area contributed by atoms with Crippen molar-refractivity contribution in [3.63, 3.8) is 0 Å². The van der Waals surface area contributed by atoms with Gasteiger partial charge in [-0.05, 0) is 42.6 Å². The number of carbonyl (C=O) groups excluding carboxylic acids is 3. The molecule has 2 bridgehead atoms. The maximum Gasteiger partial charge on any atom is 0.303 e. The average Bonchev–Trinajstić information content (AvgIpc) is 2.82. The highest BCUT2D eigenvalue weighted by Crippen LogP contribution is 2.71. The van der Waals surface area contributed by atoms with Crippen molar-refractivity contribution in [2.24, 2.45) is 34.0 Å². The van der Waals surface area contributed by atoms with Crippen LogP contribution in [-0.2, 0) is 23.9 Å². The van der Waals surface area contributed by atoms with Crippen molar-refractivity contribution in [2.45, 2.75) is 84.7 Å². The molecular formula is C24H34O7. The van der Waals surface area contributed by atoms with Crippen LogP contribution in [0.3, 0.4) is 0 Å². The molecule has 9 atom stereocenters. The van der Waals surface area contributed by atoms with Crippen LogP contribution in [0.25, 0.3) is 0 Å². The quantitative estimate of drug-likeness (QED) is 0.506. The second-order valence-corrected chi connectivity index (χ2v) is 11.0. The molecule has 2 N–H and O–H groups in total. The van der Waals surface area contributed by atoms with Gasteiger partial charge in [-0.2, -0.15) is 0 Å². The van der Waals surface area contributed by atoms with Crippen LogP contribution in [-0.4, -0.2) is 52.4 Å². The van der Waals surface area contributed by atoms with Crippen LogP contribution in [0, 0.1) is 34.0 Å². The fraction of sp³-hybridized carbons (Fsp3) is 0.792. The van der Waals surface area contributed by atoms with E-state index in [-0.39, 0.29) is 17.7 Å². The lowest BCUT2D eigenvalue weighted by Crippen LogP contribution is -2.73. The van der Waals surface area contributed by atoms with Crippen molar-refractivity contribution >= 4 is 17.7 Å². The van der Waals surface area contributed by atoms with Gasteiger partial charge in [-0.15, -0.1) is 0 Å². The summed E-state index contributed by atoms with van der Waals surface area (Å²) in [6.07, 6.45) is -1.40. The summed E-state index contributed by atoms with van der Waals surface area (Å²) in [5.41, 5.74) is -1.99. The van der Waals surface area contributed by atoms with Crippen molar-refractivity contribution < 1.29 is 34.1 Å². The van der Waals surface area contributed by atoms with Gasteiger partial charge in [-0.25, -0.2) is 0 Å². The monoisotopic (exact) mass is 434 g/mol. The summed E-state index contributed by atoms with van der Waals surface area (Å²) in [5.74, 6) is -2.27. The van der Waals surface area contributed by atoms with Crippen LogP contribution in [0.1, 0.15) is 60.3 Å². The molecule has 4 fully saturated rings. The van der Waals surface area contributed by atoms with E-state index in [0.717, 1.165) is 0 Å². The molecule has 1 spiro atoms. The van der Waals surface area contributed by atoms with Gasteiger partial charge in [0.2, 0.25) is 0 Å². The van der Waals surface area contributed by atoms with Crippen LogP contribution in [0.4, 0.5) is 0 Å². The lowest BCUT2D eigenvalue weighted by molar-refractivity contribution is -0.282. The van der Waals surface area contributed by atoms with E-state index in [1.165, 1.54) is 13.8 Å². The molecule has 0 aromatic heterocycles. The molecule has 0 radical (unpaired) electrons. The van der Waals surface area contributed by atoms with Gasteiger partial charge in [0.05, 0.1) is 17.6 Å². The first-order chi connectivity index (χ1) is 14.3. The smallest absolute Gasteiger partial charge is 0.303 e. The van der Waals surface area contributed by atoms with E-state index in [4.69, 9.17) is 9.47 Å². The Hall–Kier alpha value is -1.73. The molecule has 9 unspecified atom stereocenters. The number of hydrogen-bond acceptors (Lipinski definition) is 7. The Labute approximate surface area is 183 Å². The molecule has 4 rings (SSSR count). The van der Waals surface area contributed by atoms with Crippen LogP contribution < -0.4 is 0 Å². The Kier molecular flexibility index (Phi) is 4.99. The number of ketones is 1. The zero-order valence-corrected chi connectivity index (χ0v) is 19.0. The van der Waals surface area contributed by atoms with Crippen LogP contribution in [0.2, 0.25) is 0 Å². The summed E-state index contributed by atoms with van der Waals surface area (Å²) in [5, 5.41) is 23.1. The van der Waals surface area contributed by atoms with Gasteiger partial charge in [-0.3, -0.25) is 14.4 Å². The molecule has 0 heterocycles. The SMILES string of the molecule is C=C1C(=O)C23CC1CC(O)C2C1(C)CCC(OC(C)=O)C(C)(C)C1C(O)C3OC(C)=O. The number of fused-ring (bicyclic) bond motifs is 3. The number of aliphatic hydroxyl groups excluding tert-OH is 2. The number of allylic oxidation sites excluding steroid dienone is 1. The number of Topliss-reactive ketones (excluding diaryl/α,β-unsaturated/α-hetero) is 1. The van der Waals surface area contributed by atoms with E-state index in [2.05, 4.69) is 6.58 Å². The minimum absolute atomic E-state index is 0.172. The molecule has 0 amide bonds. The normalized spacial score (nSPS) is 47.9. The molecule has 4 saturated carbocycles. The molecule has 0 aromatic carbocycles. The molecule has 0 saturated heterocycles. The largest absolute Gasteiger partial charge is 0.462 e. The predicted molar refractivity (Wildman–Crippen MR) is 111 cm³/mol. The third-order valence-electron chi connectivity index (χ3n) is 9.02. The summed E-state index contributed by atoms with van der Waals surface area (Å²) in [4.78, 5) is 37.5. The highest BCUT2D eigenvalue weighted by molar-refractivity contribution is 6.04. The van der Waals surface area contributed by atoms with Crippen molar-refractivity contribution in [1.29, 1.82) is 0 Å². The van der Waals surface area contributed by atoms with E-state index in [0.29, 0.717) is 31.3 Å². The molecule has 0 aliphatic heterocycles. The van der Waals surface area contributed by atoms with E-state index in [1.54, 1.807) is 0 Å². The first kappa shape index (κ1) is 22.5. The number of aliphatic hydroxyl groups is 2. The number of carbonyl (C=O) groups is 3. The fourth-order valence-corrected chi connectivity index (χ4v) is 8.27. The molecule has 31 heavy (non-hydrogen) atoms. The Balaban J connectivity index is 1.90. The maximum atomic E-state index is 13.6. The maximum absolute atomic E-state index is 13.6. The van der Waals surface area contributed by atoms with Crippen LogP contribution >= 0.6 is 0 Å². The van der Waals surface area contributed by atoms with Gasteiger partial charge in [0, 0.05) is 31.1 Å². The molecule has 7 nitrogen and oxygen atoms in total. The first-order valence-electron chi connectivity index (χ1n) is 11.2. The molecule has 4 aliphatic rings. The number of rotatable bonds is 2. The average molecular weight is 435 g/mol. The van der Waals surface area contributed by atoms with Crippen molar-refractivity contribution in [3.05, 3.63) is 12.2 Å². The van der Waals surface area contributed by atoms with Gasteiger partial charge in [0.25, 0.3) is 0 Å². The van der Waals surface area contributed by atoms with Crippen LogP contribution in [0.15, 0.2) is 12.2 Å². The highest BCUT2D eigenvalue weighted by Gasteiger charge is 2.76. The lowest BCUT2D eigenvalue weighted by Gasteiger charge is -2.67. The third kappa shape index (κ3) is 2.81. The molecule has 0 aromatic rings. The van der Waals surface area contributed by atoms with E-state index in [1.807, 2.05) is 20.8 Å². The molecule has 4 aliphatic carbocycles. The Bertz CT molecular complexity index is 847. The Morgan fingerprint density at radius 3 is 2.26 bits per heavy atom. The number of hydrogen-bond donors (Lipinski definition) is 2. The minimum atomic E-state index is -1.18. The predicted octanol–water partition coefficient (Wildman–Crippen LogP) is 2.18. The van der Waals surface area contributed by atoms with Gasteiger partial charge in [-0.1, -0.05) is 27.4 Å². The van der Waals surface area contributed by atoms with Gasteiger partial charge >= 0.3 is 11.9 Å². The van der Waals surface area contributed by atoms with Gasteiger partial charge < -0.3 is 19.7 Å². The fourth-order valence-electron chi connectivity index (χ4n) is 8.27. The highest BCUT2D eigenvalue weighted by atomic mass is 16.6. The zero-order chi connectivity index (χ0) is 23.1. The van der Waals surface area contributed by atoms with Crippen molar-refractivity contribution in [1.82, 2.24) is 0 Å². The number of ether oxygens (including phenoxy) is 2. The number of esters is 2. The van der Waals surface area contributed by atoms with Gasteiger partial charge in [0.15, 0.2) is 5.78 Å². The first-order valence-corrected chi connectivity index (χ1v) is 11.2. The molecule has 7 heteroatoms.